The highest BCUT2D eigenvalue weighted by Gasteiger charge is 2.19. The fraction of sp³-hybridized carbons (Fsp3) is 0.286. The summed E-state index contributed by atoms with van der Waals surface area (Å²) in [5.41, 5.74) is 3.10. The van der Waals surface area contributed by atoms with Gasteiger partial charge in [-0.1, -0.05) is 41.0 Å². The van der Waals surface area contributed by atoms with Gasteiger partial charge in [0.1, 0.15) is 5.75 Å². The third-order valence-corrected chi connectivity index (χ3v) is 6.10. The molecular weight excluding hydrogens is 443 g/mol. The van der Waals surface area contributed by atoms with Crippen LogP contribution in [-0.4, -0.2) is 26.4 Å². The highest BCUT2D eigenvalue weighted by Crippen LogP contribution is 2.31. The molecule has 0 fully saturated rings. The summed E-state index contributed by atoms with van der Waals surface area (Å²) in [7, 11) is 1.84. The molecule has 0 saturated carbocycles. The van der Waals surface area contributed by atoms with Gasteiger partial charge in [-0.25, -0.2) is 0 Å². The zero-order chi connectivity index (χ0) is 21.8. The molecule has 0 bridgehead atoms. The second-order valence-corrected chi connectivity index (χ2v) is 8.66. The number of hydrogen-bond donors (Lipinski definition) is 1. The fourth-order valence-electron chi connectivity index (χ4n) is 2.77. The summed E-state index contributed by atoms with van der Waals surface area (Å²) in [6.07, 6.45) is -0.389. The number of nitrogens with one attached hydrogen (secondary N) is 1. The Hall–Kier alpha value is -2.22. The van der Waals surface area contributed by atoms with Crippen LogP contribution in [0.1, 0.15) is 30.0 Å². The Morgan fingerprint density at radius 2 is 1.93 bits per heavy atom. The maximum atomic E-state index is 12.3. The zero-order valence-corrected chi connectivity index (χ0v) is 19.4. The molecule has 0 spiro atoms. The van der Waals surface area contributed by atoms with E-state index < -0.39 is 0 Å². The number of benzene rings is 2. The number of amides is 1. The van der Waals surface area contributed by atoms with Crippen molar-refractivity contribution in [3.8, 4) is 5.75 Å². The molecule has 6 nitrogen and oxygen atoms in total. The molecule has 1 aromatic heterocycles. The Kier molecular flexibility index (Phi) is 7.28. The molecule has 9 heteroatoms. The van der Waals surface area contributed by atoms with Gasteiger partial charge < -0.3 is 14.6 Å². The van der Waals surface area contributed by atoms with Crippen LogP contribution >= 0.6 is 35.0 Å². The first kappa shape index (κ1) is 22.5. The number of ether oxygens (including phenoxy) is 1. The number of hydrogen-bond acceptors (Lipinski definition) is 5. The van der Waals surface area contributed by atoms with Crippen molar-refractivity contribution in [2.45, 2.75) is 32.0 Å². The van der Waals surface area contributed by atoms with Crippen molar-refractivity contribution < 1.29 is 9.53 Å². The molecule has 0 aliphatic heterocycles. The Balaban J connectivity index is 1.60. The fourth-order valence-corrected chi connectivity index (χ4v) is 3.94. The summed E-state index contributed by atoms with van der Waals surface area (Å²) in [6.45, 7) is 5.91. The zero-order valence-electron chi connectivity index (χ0n) is 17.1. The van der Waals surface area contributed by atoms with E-state index in [0.717, 1.165) is 11.3 Å². The van der Waals surface area contributed by atoms with E-state index >= 15 is 0 Å². The van der Waals surface area contributed by atoms with E-state index in [9.17, 15) is 4.79 Å². The minimum atomic E-state index is -0.389. The molecule has 0 saturated heterocycles. The number of nitrogens with zero attached hydrogens (tertiary/aromatic N) is 3. The molecule has 1 atom stereocenters. The number of anilines is 1. The van der Waals surface area contributed by atoms with Crippen molar-refractivity contribution in [2.75, 3.05) is 11.1 Å². The number of thioether (sulfide) groups is 1. The molecule has 1 unspecified atom stereocenters. The maximum absolute atomic E-state index is 12.3. The van der Waals surface area contributed by atoms with E-state index in [1.54, 1.807) is 18.2 Å². The molecule has 1 amide bonds. The van der Waals surface area contributed by atoms with Crippen LogP contribution in [0.4, 0.5) is 5.69 Å². The second kappa shape index (κ2) is 9.73. The summed E-state index contributed by atoms with van der Waals surface area (Å²) in [6, 6.07) is 10.9. The smallest absolute Gasteiger partial charge is 0.234 e. The first-order valence-corrected chi connectivity index (χ1v) is 11.0. The molecule has 0 aliphatic rings. The summed E-state index contributed by atoms with van der Waals surface area (Å²) < 4.78 is 7.71. The van der Waals surface area contributed by atoms with E-state index in [0.29, 0.717) is 26.8 Å². The molecule has 3 aromatic rings. The van der Waals surface area contributed by atoms with Crippen molar-refractivity contribution in [1.29, 1.82) is 0 Å². The summed E-state index contributed by atoms with van der Waals surface area (Å²) >= 11 is 13.4. The molecule has 0 aliphatic carbocycles. The van der Waals surface area contributed by atoms with Gasteiger partial charge in [-0.3, -0.25) is 4.79 Å². The van der Waals surface area contributed by atoms with E-state index in [1.807, 2.05) is 50.6 Å². The van der Waals surface area contributed by atoms with E-state index in [4.69, 9.17) is 27.9 Å². The number of carbonyl (C=O) groups excluding carboxylic acids is 1. The quantitative estimate of drug-likeness (QED) is 0.460. The van der Waals surface area contributed by atoms with Gasteiger partial charge in [0.25, 0.3) is 0 Å². The lowest BCUT2D eigenvalue weighted by atomic mass is 10.1. The number of halogens is 2. The highest BCUT2D eigenvalue weighted by atomic mass is 35.5. The monoisotopic (exact) mass is 464 g/mol. The summed E-state index contributed by atoms with van der Waals surface area (Å²) in [5, 5.41) is 12.9. The second-order valence-electron chi connectivity index (χ2n) is 6.87. The number of aromatic nitrogens is 3. The summed E-state index contributed by atoms with van der Waals surface area (Å²) in [5.74, 6) is 1.25. The molecule has 3 rings (SSSR count). The predicted octanol–water partition coefficient (Wildman–Crippen LogP) is 5.61. The normalized spacial score (nSPS) is 11.9. The van der Waals surface area contributed by atoms with Crippen LogP contribution in [0, 0.1) is 13.8 Å². The number of aryl methyl sites for hydroxylation is 2. The Morgan fingerprint density at radius 1 is 1.17 bits per heavy atom. The summed E-state index contributed by atoms with van der Waals surface area (Å²) in [4.78, 5) is 12.3. The lowest BCUT2D eigenvalue weighted by molar-refractivity contribution is -0.113. The standard InChI is InChI=1S/C21H22Cl2N4O2S/c1-12-5-7-16(9-13(12)2)24-19(28)11-30-21-26-25-20(27(21)4)14(3)29-18-8-6-15(22)10-17(18)23/h5-10,14H,11H2,1-4H3,(H,24,28). The molecule has 30 heavy (non-hydrogen) atoms. The lowest BCUT2D eigenvalue weighted by Gasteiger charge is -2.15. The first-order chi connectivity index (χ1) is 14.2. The molecule has 1 heterocycles. The SMILES string of the molecule is Cc1ccc(NC(=O)CSc2nnc(C(C)Oc3ccc(Cl)cc3Cl)n2C)cc1C. The average molecular weight is 465 g/mol. The molecule has 2 aromatic carbocycles. The number of carbonyl (C=O) groups is 1. The third kappa shape index (κ3) is 5.47. The van der Waals surface area contributed by atoms with Crippen LogP contribution in [0.5, 0.6) is 5.75 Å². The van der Waals surface area contributed by atoms with Gasteiger partial charge in [0, 0.05) is 17.8 Å². The van der Waals surface area contributed by atoms with E-state index in [2.05, 4.69) is 15.5 Å². The van der Waals surface area contributed by atoms with Gasteiger partial charge in [-0.2, -0.15) is 0 Å². The molecular formula is C21H22Cl2N4O2S. The van der Waals surface area contributed by atoms with Crippen LogP contribution in [0.3, 0.4) is 0 Å². The molecule has 0 radical (unpaired) electrons. The average Bonchev–Trinajstić information content (AvgIpc) is 3.06. The topological polar surface area (TPSA) is 69.0 Å². The van der Waals surface area contributed by atoms with Gasteiger partial charge in [0.2, 0.25) is 5.91 Å². The highest BCUT2D eigenvalue weighted by molar-refractivity contribution is 7.99. The van der Waals surface area contributed by atoms with Gasteiger partial charge in [0.15, 0.2) is 17.1 Å². The minimum absolute atomic E-state index is 0.106. The number of rotatable bonds is 7. The van der Waals surface area contributed by atoms with Crippen LogP contribution in [0.25, 0.3) is 0 Å². The van der Waals surface area contributed by atoms with E-state index in [1.165, 1.54) is 17.3 Å². The Morgan fingerprint density at radius 3 is 2.63 bits per heavy atom. The van der Waals surface area contributed by atoms with Gasteiger partial charge >= 0.3 is 0 Å². The van der Waals surface area contributed by atoms with Gasteiger partial charge in [-0.05, 0) is 62.2 Å². The van der Waals surface area contributed by atoms with Crippen LogP contribution < -0.4 is 10.1 Å². The van der Waals surface area contributed by atoms with Gasteiger partial charge in [-0.15, -0.1) is 10.2 Å². The Labute approximate surface area is 189 Å². The van der Waals surface area contributed by atoms with Crippen LogP contribution in [0.2, 0.25) is 10.0 Å². The van der Waals surface area contributed by atoms with Crippen LogP contribution in [0.15, 0.2) is 41.6 Å². The molecule has 158 valence electrons. The minimum Gasteiger partial charge on any atom is -0.481 e. The lowest BCUT2D eigenvalue weighted by Crippen LogP contribution is -2.15. The molecule has 1 N–H and O–H groups in total. The van der Waals surface area contributed by atoms with E-state index in [-0.39, 0.29) is 17.8 Å². The maximum Gasteiger partial charge on any atom is 0.234 e. The largest absolute Gasteiger partial charge is 0.481 e. The van der Waals surface area contributed by atoms with Crippen molar-refractivity contribution >= 4 is 46.6 Å². The van der Waals surface area contributed by atoms with Crippen LogP contribution in [-0.2, 0) is 11.8 Å². The van der Waals surface area contributed by atoms with Crippen molar-refractivity contribution in [3.63, 3.8) is 0 Å². The predicted molar refractivity (Wildman–Crippen MR) is 122 cm³/mol. The first-order valence-electron chi connectivity index (χ1n) is 9.25. The van der Waals surface area contributed by atoms with Crippen molar-refractivity contribution in [1.82, 2.24) is 14.8 Å². The Bertz CT molecular complexity index is 1070. The van der Waals surface area contributed by atoms with Crippen molar-refractivity contribution in [2.24, 2.45) is 7.05 Å². The van der Waals surface area contributed by atoms with Crippen molar-refractivity contribution in [3.05, 3.63) is 63.4 Å². The van der Waals surface area contributed by atoms with Gasteiger partial charge in [0.05, 0.1) is 10.8 Å². The third-order valence-electron chi connectivity index (χ3n) is 4.55.